The zero-order valence-corrected chi connectivity index (χ0v) is 15.5. The quantitative estimate of drug-likeness (QED) is 0.872. The van der Waals surface area contributed by atoms with E-state index in [0.717, 1.165) is 6.42 Å². The van der Waals surface area contributed by atoms with Crippen LogP contribution in [0.2, 0.25) is 0 Å². The number of alkyl carbamates (subject to hydrolysis) is 1. The number of pyridine rings is 1. The maximum Gasteiger partial charge on any atom is 0.407 e. The van der Waals surface area contributed by atoms with Crippen LogP contribution >= 0.6 is 0 Å². The first-order chi connectivity index (χ1) is 13.6. The molecular formula is C20H21N3O5. The van der Waals surface area contributed by atoms with Crippen molar-refractivity contribution in [3.05, 3.63) is 48.3 Å². The number of likely N-dealkylation sites (tertiary alicyclic amines) is 1. The van der Waals surface area contributed by atoms with E-state index in [0.29, 0.717) is 42.6 Å². The van der Waals surface area contributed by atoms with Gasteiger partial charge in [0.05, 0.1) is 26.0 Å². The van der Waals surface area contributed by atoms with E-state index in [9.17, 15) is 9.59 Å². The molecule has 0 radical (unpaired) electrons. The van der Waals surface area contributed by atoms with Gasteiger partial charge in [-0.15, -0.1) is 0 Å². The van der Waals surface area contributed by atoms with Gasteiger partial charge in [-0.2, -0.15) is 0 Å². The van der Waals surface area contributed by atoms with Gasteiger partial charge in [0.1, 0.15) is 22.9 Å². The highest BCUT2D eigenvalue weighted by Crippen LogP contribution is 2.26. The number of nitrogens with one attached hydrogen (secondary N) is 1. The number of carbonyl (C=O) groups excluding carboxylic acids is 2. The SMILES string of the molecule is COc1cccc(Oc2ccc(C(=O)N3CC[C@@H]4COC(=O)N[C@H]4C3)nc2)c1. The molecule has 0 unspecified atom stereocenters. The van der Waals surface area contributed by atoms with E-state index in [4.69, 9.17) is 14.2 Å². The molecule has 8 heteroatoms. The van der Waals surface area contributed by atoms with Crippen LogP contribution in [0.3, 0.4) is 0 Å². The molecular weight excluding hydrogens is 362 g/mol. The molecule has 0 spiro atoms. The predicted octanol–water partition coefficient (Wildman–Crippen LogP) is 2.45. The van der Waals surface area contributed by atoms with E-state index in [2.05, 4.69) is 10.3 Å². The number of aromatic nitrogens is 1. The summed E-state index contributed by atoms with van der Waals surface area (Å²) in [5.41, 5.74) is 0.342. The van der Waals surface area contributed by atoms with Crippen LogP contribution in [0.25, 0.3) is 0 Å². The molecule has 8 nitrogen and oxygen atoms in total. The molecule has 1 N–H and O–H groups in total. The van der Waals surface area contributed by atoms with Gasteiger partial charge in [-0.25, -0.2) is 9.78 Å². The Morgan fingerprint density at radius 2 is 2.11 bits per heavy atom. The van der Waals surface area contributed by atoms with Crippen molar-refractivity contribution >= 4 is 12.0 Å². The molecule has 0 bridgehead atoms. The molecule has 2 atom stereocenters. The van der Waals surface area contributed by atoms with E-state index < -0.39 is 6.09 Å². The maximum absolute atomic E-state index is 12.8. The number of amides is 2. The third-order valence-electron chi connectivity index (χ3n) is 5.01. The summed E-state index contributed by atoms with van der Waals surface area (Å²) in [5.74, 6) is 1.93. The summed E-state index contributed by atoms with van der Waals surface area (Å²) in [4.78, 5) is 30.2. The lowest BCUT2D eigenvalue weighted by molar-refractivity contribution is 0.0334. The van der Waals surface area contributed by atoms with Gasteiger partial charge in [-0.3, -0.25) is 4.79 Å². The van der Waals surface area contributed by atoms with Crippen molar-refractivity contribution in [1.82, 2.24) is 15.2 Å². The topological polar surface area (TPSA) is 90.0 Å². The Kier molecular flexibility index (Phi) is 5.01. The number of piperidine rings is 1. The molecule has 146 valence electrons. The van der Waals surface area contributed by atoms with E-state index in [-0.39, 0.29) is 17.9 Å². The fourth-order valence-electron chi connectivity index (χ4n) is 3.45. The van der Waals surface area contributed by atoms with Crippen molar-refractivity contribution in [2.75, 3.05) is 26.8 Å². The number of cyclic esters (lactones) is 1. The first kappa shape index (κ1) is 18.1. The van der Waals surface area contributed by atoms with Crippen molar-refractivity contribution in [1.29, 1.82) is 0 Å². The smallest absolute Gasteiger partial charge is 0.407 e. The number of hydrogen-bond donors (Lipinski definition) is 1. The Morgan fingerprint density at radius 3 is 2.89 bits per heavy atom. The first-order valence-electron chi connectivity index (χ1n) is 9.13. The van der Waals surface area contributed by atoms with E-state index >= 15 is 0 Å². The molecule has 3 heterocycles. The number of methoxy groups -OCH3 is 1. The minimum Gasteiger partial charge on any atom is -0.497 e. The van der Waals surface area contributed by atoms with Crippen molar-refractivity contribution in [3.63, 3.8) is 0 Å². The Hall–Kier alpha value is -3.29. The Labute approximate surface area is 162 Å². The second kappa shape index (κ2) is 7.75. The van der Waals surface area contributed by atoms with Gasteiger partial charge < -0.3 is 24.4 Å². The molecule has 0 aliphatic carbocycles. The number of rotatable bonds is 4. The second-order valence-corrected chi connectivity index (χ2v) is 6.81. The Morgan fingerprint density at radius 1 is 1.25 bits per heavy atom. The molecule has 28 heavy (non-hydrogen) atoms. The lowest BCUT2D eigenvalue weighted by Crippen LogP contribution is -2.58. The molecule has 2 amide bonds. The number of benzene rings is 1. The van der Waals surface area contributed by atoms with Crippen LogP contribution in [0.15, 0.2) is 42.6 Å². The molecule has 2 aliphatic rings. The summed E-state index contributed by atoms with van der Waals surface area (Å²) in [5, 5.41) is 2.79. The van der Waals surface area contributed by atoms with Crippen molar-refractivity contribution < 1.29 is 23.8 Å². The number of fused-ring (bicyclic) bond motifs is 1. The average Bonchev–Trinajstić information content (AvgIpc) is 2.73. The summed E-state index contributed by atoms with van der Waals surface area (Å²) in [7, 11) is 1.59. The van der Waals surface area contributed by atoms with Gasteiger partial charge in [-0.1, -0.05) is 6.07 Å². The molecule has 0 saturated carbocycles. The minimum absolute atomic E-state index is 0.0744. The zero-order chi connectivity index (χ0) is 19.5. The van der Waals surface area contributed by atoms with Crippen LogP contribution in [0.1, 0.15) is 16.9 Å². The van der Waals surface area contributed by atoms with Crippen molar-refractivity contribution in [3.8, 4) is 17.2 Å². The predicted molar refractivity (Wildman–Crippen MR) is 99.6 cm³/mol. The van der Waals surface area contributed by atoms with Crippen LogP contribution in [0.5, 0.6) is 17.2 Å². The van der Waals surface area contributed by atoms with Gasteiger partial charge >= 0.3 is 6.09 Å². The van der Waals surface area contributed by atoms with E-state index in [1.54, 1.807) is 30.2 Å². The fraction of sp³-hybridized carbons (Fsp3) is 0.350. The maximum atomic E-state index is 12.8. The standard InChI is InChI=1S/C20H21N3O5/c1-26-14-3-2-4-15(9-14)28-16-5-6-17(21-10-16)19(24)23-8-7-13-12-27-20(25)22-18(13)11-23/h2-6,9-10,13,18H,7-8,11-12H2,1H3,(H,22,25)/t13-,18+/m1/s1. The van der Waals surface area contributed by atoms with E-state index in [1.807, 2.05) is 18.2 Å². The van der Waals surface area contributed by atoms with E-state index in [1.165, 1.54) is 6.20 Å². The molecule has 2 fully saturated rings. The third-order valence-corrected chi connectivity index (χ3v) is 5.01. The summed E-state index contributed by atoms with van der Waals surface area (Å²) >= 11 is 0. The molecule has 2 aliphatic heterocycles. The monoisotopic (exact) mass is 383 g/mol. The molecule has 2 aromatic rings. The summed E-state index contributed by atoms with van der Waals surface area (Å²) in [6.07, 6.45) is 1.89. The van der Waals surface area contributed by atoms with Crippen LogP contribution in [-0.4, -0.2) is 54.7 Å². The lowest BCUT2D eigenvalue weighted by atomic mass is 9.91. The Bertz CT molecular complexity index is 870. The van der Waals surface area contributed by atoms with Crippen LogP contribution in [-0.2, 0) is 4.74 Å². The summed E-state index contributed by atoms with van der Waals surface area (Å²) in [6, 6.07) is 10.5. The van der Waals surface area contributed by atoms with Gasteiger partial charge in [0.25, 0.3) is 5.91 Å². The number of ether oxygens (including phenoxy) is 3. The van der Waals surface area contributed by atoms with Gasteiger partial charge in [0.2, 0.25) is 0 Å². The number of hydrogen-bond acceptors (Lipinski definition) is 6. The van der Waals surface area contributed by atoms with Gasteiger partial charge in [-0.05, 0) is 30.7 Å². The Balaban J connectivity index is 1.40. The highest BCUT2D eigenvalue weighted by molar-refractivity contribution is 5.92. The minimum atomic E-state index is -0.423. The van der Waals surface area contributed by atoms with Gasteiger partial charge in [0.15, 0.2) is 0 Å². The van der Waals surface area contributed by atoms with Crippen LogP contribution in [0, 0.1) is 5.92 Å². The average molecular weight is 383 g/mol. The number of carbonyl (C=O) groups is 2. The van der Waals surface area contributed by atoms with Crippen LogP contribution in [0.4, 0.5) is 4.79 Å². The van der Waals surface area contributed by atoms with Crippen LogP contribution < -0.4 is 14.8 Å². The van der Waals surface area contributed by atoms with Crippen molar-refractivity contribution in [2.24, 2.45) is 5.92 Å². The molecule has 4 rings (SSSR count). The second-order valence-electron chi connectivity index (χ2n) is 6.81. The molecule has 1 aromatic carbocycles. The summed E-state index contributed by atoms with van der Waals surface area (Å²) in [6.45, 7) is 1.48. The highest BCUT2D eigenvalue weighted by atomic mass is 16.6. The third kappa shape index (κ3) is 3.85. The zero-order valence-electron chi connectivity index (χ0n) is 15.5. The highest BCUT2D eigenvalue weighted by Gasteiger charge is 2.36. The summed E-state index contributed by atoms with van der Waals surface area (Å²) < 4.78 is 15.9. The molecule has 2 saturated heterocycles. The number of nitrogens with zero attached hydrogens (tertiary/aromatic N) is 2. The largest absolute Gasteiger partial charge is 0.497 e. The fourth-order valence-corrected chi connectivity index (χ4v) is 3.45. The van der Waals surface area contributed by atoms with Crippen molar-refractivity contribution in [2.45, 2.75) is 12.5 Å². The lowest BCUT2D eigenvalue weighted by Gasteiger charge is -2.40. The molecule has 1 aromatic heterocycles. The van der Waals surface area contributed by atoms with Gasteiger partial charge in [0, 0.05) is 25.1 Å². The normalized spacial score (nSPS) is 21.2. The first-order valence-corrected chi connectivity index (χ1v) is 9.13.